The van der Waals surface area contributed by atoms with E-state index in [1.54, 1.807) is 0 Å². The van der Waals surface area contributed by atoms with Gasteiger partial charge in [-0.25, -0.2) is 0 Å². The number of fused-ring (bicyclic) bond motifs is 7. The monoisotopic (exact) mass is 1240 g/mol. The van der Waals surface area contributed by atoms with E-state index in [9.17, 15) is 0 Å². The van der Waals surface area contributed by atoms with Gasteiger partial charge in [-0.05, 0) is 180 Å². The largest absolute Gasteiger partial charge is 0.335 e. The summed E-state index contributed by atoms with van der Waals surface area (Å²) >= 11 is 0. The lowest BCUT2D eigenvalue weighted by molar-refractivity contribution is 0.195. The molecule has 94 heavy (non-hydrogen) atoms. The number of rotatable bonds is 13. The van der Waals surface area contributed by atoms with Gasteiger partial charge in [0, 0.05) is 45.2 Å². The van der Waals surface area contributed by atoms with Crippen molar-refractivity contribution in [2.75, 3.05) is 14.7 Å². The Hall–Kier alpha value is -10.2. The van der Waals surface area contributed by atoms with E-state index in [-0.39, 0.29) is 17.7 Å². The molecule has 3 aliphatic heterocycles. The maximum atomic E-state index is 2.90. The highest BCUT2D eigenvalue weighted by Gasteiger charge is 2.62. The number of hydrogen-bond acceptors (Lipinski definition) is 3. The molecule has 0 spiro atoms. The number of anilines is 8. The number of aryl methyl sites for hydroxylation is 2. The molecular formula is C88H74BN3Si2. The predicted molar refractivity (Wildman–Crippen MR) is 405 cm³/mol. The van der Waals surface area contributed by atoms with Gasteiger partial charge in [0.05, 0.1) is 11.2 Å². The Bertz CT molecular complexity index is 4600. The molecule has 0 saturated heterocycles. The van der Waals surface area contributed by atoms with Crippen molar-refractivity contribution in [3.8, 4) is 11.1 Å². The van der Waals surface area contributed by atoms with Crippen LogP contribution in [0.25, 0.3) is 11.1 Å². The maximum Gasteiger partial charge on any atom is 0.252 e. The van der Waals surface area contributed by atoms with Gasteiger partial charge < -0.3 is 14.7 Å². The van der Waals surface area contributed by atoms with Crippen LogP contribution in [0.3, 0.4) is 0 Å². The first-order valence-corrected chi connectivity index (χ1v) is 37.7. The fourth-order valence-electron chi connectivity index (χ4n) is 17.7. The molecule has 452 valence electrons. The van der Waals surface area contributed by atoms with Crippen molar-refractivity contribution in [3.63, 3.8) is 0 Å². The zero-order chi connectivity index (χ0) is 63.2. The summed E-state index contributed by atoms with van der Waals surface area (Å²) in [6.07, 6.45) is 4.62. The lowest BCUT2D eigenvalue weighted by Gasteiger charge is -2.53. The summed E-state index contributed by atoms with van der Waals surface area (Å²) < 4.78 is 0. The third kappa shape index (κ3) is 8.76. The van der Waals surface area contributed by atoms with Gasteiger partial charge >= 0.3 is 0 Å². The molecule has 0 amide bonds. The molecule has 13 aromatic carbocycles. The maximum absolute atomic E-state index is 2.90. The van der Waals surface area contributed by atoms with Crippen LogP contribution >= 0.6 is 0 Å². The topological polar surface area (TPSA) is 9.72 Å². The van der Waals surface area contributed by atoms with Crippen LogP contribution in [0.5, 0.6) is 0 Å². The molecule has 3 heterocycles. The van der Waals surface area contributed by atoms with Crippen LogP contribution < -0.4 is 72.6 Å². The molecule has 0 aromatic heterocycles. The lowest BCUT2D eigenvalue weighted by atomic mass is 9.33. The first-order chi connectivity index (χ1) is 46.2. The van der Waals surface area contributed by atoms with Crippen LogP contribution in [-0.2, 0) is 5.41 Å². The molecule has 13 aromatic rings. The summed E-state index contributed by atoms with van der Waals surface area (Å²) in [5.41, 5.74) is 20.0. The van der Waals surface area contributed by atoms with Crippen LogP contribution in [0, 0.1) is 13.8 Å². The Morgan fingerprint density at radius 2 is 0.787 bits per heavy atom. The highest BCUT2D eigenvalue weighted by atomic mass is 28.3. The highest BCUT2D eigenvalue weighted by molar-refractivity contribution is 7.20. The molecule has 6 heteroatoms. The predicted octanol–water partition coefficient (Wildman–Crippen LogP) is 14.5. The zero-order valence-corrected chi connectivity index (χ0v) is 55.9. The third-order valence-electron chi connectivity index (χ3n) is 22.2. The first-order valence-electron chi connectivity index (χ1n) is 33.7. The smallest absolute Gasteiger partial charge is 0.252 e. The van der Waals surface area contributed by atoms with E-state index in [0.717, 1.165) is 35.6 Å². The second-order valence-corrected chi connectivity index (χ2v) is 34.8. The van der Waals surface area contributed by atoms with Gasteiger partial charge in [0.2, 0.25) is 0 Å². The Kier molecular flexibility index (Phi) is 14.0. The van der Waals surface area contributed by atoms with Crippen molar-refractivity contribution < 1.29 is 0 Å². The van der Waals surface area contributed by atoms with Gasteiger partial charge in [0.15, 0.2) is 16.1 Å². The van der Waals surface area contributed by atoms with Crippen LogP contribution in [0.15, 0.2) is 328 Å². The first kappa shape index (κ1) is 57.6. The summed E-state index contributed by atoms with van der Waals surface area (Å²) in [4.78, 5) is 8.13. The minimum absolute atomic E-state index is 0.0252. The lowest BCUT2D eigenvalue weighted by Crippen LogP contribution is -2.74. The molecule has 4 aliphatic rings. The summed E-state index contributed by atoms with van der Waals surface area (Å²) in [6.45, 7) is 9.72. The van der Waals surface area contributed by atoms with E-state index in [1.165, 1.54) is 121 Å². The molecule has 0 radical (unpaired) electrons. The van der Waals surface area contributed by atoms with Gasteiger partial charge in [0.1, 0.15) is 0 Å². The molecule has 3 nitrogen and oxygen atoms in total. The second kappa shape index (κ2) is 22.8. The molecule has 2 unspecified atom stereocenters. The van der Waals surface area contributed by atoms with Gasteiger partial charge in [0.25, 0.3) is 6.71 Å². The van der Waals surface area contributed by atoms with Crippen LogP contribution in [0.2, 0.25) is 0 Å². The molecule has 1 saturated carbocycles. The molecule has 1 fully saturated rings. The third-order valence-corrected chi connectivity index (χ3v) is 31.7. The molecule has 0 N–H and O–H groups in total. The fraction of sp³-hybridized carbons (Fsp3) is 0.114. The van der Waals surface area contributed by atoms with E-state index in [2.05, 4.69) is 370 Å². The average molecular weight is 1240 g/mol. The van der Waals surface area contributed by atoms with Gasteiger partial charge in [-0.2, -0.15) is 0 Å². The number of benzene rings is 13. The van der Waals surface area contributed by atoms with Crippen LogP contribution in [-0.4, -0.2) is 28.4 Å². The molecule has 2 atom stereocenters. The van der Waals surface area contributed by atoms with E-state index in [0.29, 0.717) is 0 Å². The minimum atomic E-state index is -2.89. The zero-order valence-electron chi connectivity index (χ0n) is 53.9. The quantitative estimate of drug-likeness (QED) is 0.0841. The van der Waals surface area contributed by atoms with E-state index in [1.807, 2.05) is 0 Å². The van der Waals surface area contributed by atoms with Gasteiger partial charge in [-0.3, -0.25) is 0 Å². The van der Waals surface area contributed by atoms with Crippen molar-refractivity contribution in [2.45, 2.75) is 64.3 Å². The summed E-state index contributed by atoms with van der Waals surface area (Å²) in [6, 6.07) is 126. The molecule has 17 rings (SSSR count). The van der Waals surface area contributed by atoms with Crippen molar-refractivity contribution in [3.05, 3.63) is 344 Å². The van der Waals surface area contributed by atoms with Crippen molar-refractivity contribution >= 4 is 126 Å². The molecule has 0 bridgehead atoms. The Morgan fingerprint density at radius 3 is 1.27 bits per heavy atom. The Morgan fingerprint density at radius 1 is 0.351 bits per heavy atom. The van der Waals surface area contributed by atoms with Gasteiger partial charge in [-0.15, -0.1) is 0 Å². The van der Waals surface area contributed by atoms with Gasteiger partial charge in [-0.1, -0.05) is 287 Å². The van der Waals surface area contributed by atoms with Crippen molar-refractivity contribution in [1.82, 2.24) is 0 Å². The van der Waals surface area contributed by atoms with Crippen molar-refractivity contribution in [2.24, 2.45) is 0 Å². The number of nitrogens with zero attached hydrogens (tertiary/aromatic N) is 3. The Balaban J connectivity index is 0.955. The normalized spacial score (nSPS) is 16.8. The summed E-state index contributed by atoms with van der Waals surface area (Å²) in [5, 5.41) is 10.8. The molecular weight excluding hydrogens is 1170 g/mol. The Labute approximate surface area is 557 Å². The average Bonchev–Trinajstić information content (AvgIpc) is 1.44. The second-order valence-electron chi connectivity index (χ2n) is 27.2. The van der Waals surface area contributed by atoms with E-state index in [4.69, 9.17) is 0 Å². The van der Waals surface area contributed by atoms with Crippen molar-refractivity contribution in [1.29, 1.82) is 0 Å². The number of hydrogen-bond donors (Lipinski definition) is 0. The van der Waals surface area contributed by atoms with Crippen LogP contribution in [0.4, 0.5) is 45.5 Å². The standard InChI is InChI=1S/C88H74BN3Si2/c1-63-29-28-32-69(57-63)91-82-58-64(2)45-54-80(82)89-81-60-66(65-30-12-5-13-31-65)59-79-86(81)92(88(4)56-27-26-55-87(79,88)3)84-62-70(61-83(91)85(84)89)90(67-46-50-77(51-47-67)93(71-33-14-6-15-34-71,72-35-16-7-17-36-72)73-37-18-8-19-38-73)68-48-52-78(53-49-68)94(74-39-20-9-21-40-74,75-41-22-10-23-42-75)76-43-24-11-25-44-76/h5-25,28-54,57-62H,26-27,55-56H2,1-4H3. The van der Waals surface area contributed by atoms with E-state index < -0.39 is 16.1 Å². The van der Waals surface area contributed by atoms with Crippen LogP contribution in [0.1, 0.15) is 56.2 Å². The SMILES string of the molecule is Cc1cccc(N2c3cc(C)ccc3B3c4cc(-c5ccccc5)cc5c4N(c4cc(N(c6ccc([Si](c7ccccc7)(c7ccccc7)c7ccccc7)cc6)c6ccc([Si](c7ccccc7)(c7ccccc7)c7ccccc7)cc6)cc2c43)C2(C)CCCCC52C)c1. The fourth-order valence-corrected chi connectivity index (χ4v) is 27.2. The van der Waals surface area contributed by atoms with E-state index >= 15 is 0 Å². The summed E-state index contributed by atoms with van der Waals surface area (Å²) in [5.74, 6) is 0. The molecule has 1 aliphatic carbocycles. The summed E-state index contributed by atoms with van der Waals surface area (Å²) in [7, 11) is -5.79. The minimum Gasteiger partial charge on any atom is -0.335 e. The highest BCUT2D eigenvalue weighted by Crippen LogP contribution is 2.63.